The average Bonchev–Trinajstić information content (AvgIpc) is 2.30. The predicted octanol–water partition coefficient (Wildman–Crippen LogP) is -0.195. The fourth-order valence-corrected chi connectivity index (χ4v) is 1.41. The first kappa shape index (κ1) is 9.36. The van der Waals surface area contributed by atoms with Crippen molar-refractivity contribution >= 4 is 5.69 Å². The SMILES string of the molecule is OCc1ncc(N2CCOCC2)cn1. The fourth-order valence-electron chi connectivity index (χ4n) is 1.41. The molecule has 0 aliphatic carbocycles. The standard InChI is InChI=1S/C9H13N3O2/c13-7-9-10-5-8(6-11-9)12-1-3-14-4-2-12/h5-6,13H,1-4,7H2. The number of aromatic nitrogens is 2. The van der Waals surface area contributed by atoms with Crippen LogP contribution in [0.3, 0.4) is 0 Å². The van der Waals surface area contributed by atoms with Crippen LogP contribution in [0.15, 0.2) is 12.4 Å². The number of hydrogen-bond donors (Lipinski definition) is 1. The van der Waals surface area contributed by atoms with E-state index in [1.807, 2.05) is 0 Å². The fraction of sp³-hybridized carbons (Fsp3) is 0.556. The number of hydrogen-bond acceptors (Lipinski definition) is 5. The lowest BCUT2D eigenvalue weighted by Gasteiger charge is -2.28. The monoisotopic (exact) mass is 195 g/mol. The number of aliphatic hydroxyl groups is 1. The summed E-state index contributed by atoms with van der Waals surface area (Å²) in [5.41, 5.74) is 0.991. The van der Waals surface area contributed by atoms with Crippen molar-refractivity contribution in [2.75, 3.05) is 31.2 Å². The zero-order chi connectivity index (χ0) is 9.80. The molecule has 0 aromatic carbocycles. The van der Waals surface area contributed by atoms with Gasteiger partial charge in [0.2, 0.25) is 0 Å². The molecule has 0 atom stereocenters. The van der Waals surface area contributed by atoms with Gasteiger partial charge in [0.05, 0.1) is 31.3 Å². The summed E-state index contributed by atoms with van der Waals surface area (Å²) in [6.07, 6.45) is 3.48. The van der Waals surface area contributed by atoms with Crippen LogP contribution in [0.1, 0.15) is 5.82 Å². The summed E-state index contributed by atoms with van der Waals surface area (Å²) < 4.78 is 5.24. The van der Waals surface area contributed by atoms with Crippen LogP contribution in [0.4, 0.5) is 5.69 Å². The Morgan fingerprint density at radius 2 is 1.93 bits per heavy atom. The molecule has 1 aliphatic heterocycles. The van der Waals surface area contributed by atoms with Gasteiger partial charge in [0.1, 0.15) is 6.61 Å². The zero-order valence-electron chi connectivity index (χ0n) is 7.89. The molecule has 1 saturated heterocycles. The van der Waals surface area contributed by atoms with E-state index in [0.717, 1.165) is 32.0 Å². The molecular formula is C9H13N3O2. The van der Waals surface area contributed by atoms with Crippen LogP contribution in [-0.2, 0) is 11.3 Å². The molecule has 1 aromatic heterocycles. The van der Waals surface area contributed by atoms with E-state index in [1.54, 1.807) is 12.4 Å². The zero-order valence-corrected chi connectivity index (χ0v) is 7.89. The van der Waals surface area contributed by atoms with Crippen molar-refractivity contribution in [1.82, 2.24) is 9.97 Å². The molecule has 14 heavy (non-hydrogen) atoms. The third-order valence-electron chi connectivity index (χ3n) is 2.21. The van der Waals surface area contributed by atoms with E-state index in [4.69, 9.17) is 9.84 Å². The summed E-state index contributed by atoms with van der Waals surface area (Å²) in [4.78, 5) is 10.2. The van der Waals surface area contributed by atoms with E-state index in [-0.39, 0.29) is 6.61 Å². The molecule has 0 bridgehead atoms. The van der Waals surface area contributed by atoms with Crippen molar-refractivity contribution in [1.29, 1.82) is 0 Å². The van der Waals surface area contributed by atoms with Crippen molar-refractivity contribution in [3.8, 4) is 0 Å². The minimum absolute atomic E-state index is 0.108. The van der Waals surface area contributed by atoms with Crippen LogP contribution < -0.4 is 4.90 Å². The minimum Gasteiger partial charge on any atom is -0.388 e. The molecule has 76 valence electrons. The van der Waals surface area contributed by atoms with Crippen molar-refractivity contribution in [3.63, 3.8) is 0 Å². The molecule has 0 radical (unpaired) electrons. The van der Waals surface area contributed by atoms with Gasteiger partial charge in [-0.25, -0.2) is 9.97 Å². The molecule has 1 fully saturated rings. The number of rotatable bonds is 2. The molecular weight excluding hydrogens is 182 g/mol. The second kappa shape index (κ2) is 4.34. The predicted molar refractivity (Wildman–Crippen MR) is 51.0 cm³/mol. The first-order chi connectivity index (χ1) is 6.90. The maximum absolute atomic E-state index is 8.78. The highest BCUT2D eigenvalue weighted by atomic mass is 16.5. The van der Waals surface area contributed by atoms with Gasteiger partial charge in [-0.2, -0.15) is 0 Å². The highest BCUT2D eigenvalue weighted by molar-refractivity contribution is 5.42. The summed E-state index contributed by atoms with van der Waals surface area (Å²) in [6, 6.07) is 0. The Morgan fingerprint density at radius 1 is 1.29 bits per heavy atom. The smallest absolute Gasteiger partial charge is 0.153 e. The van der Waals surface area contributed by atoms with Crippen LogP contribution in [0, 0.1) is 0 Å². The molecule has 5 nitrogen and oxygen atoms in total. The second-order valence-electron chi connectivity index (χ2n) is 3.12. The molecule has 5 heteroatoms. The van der Waals surface area contributed by atoms with E-state index in [2.05, 4.69) is 14.9 Å². The van der Waals surface area contributed by atoms with Gasteiger partial charge in [0.25, 0.3) is 0 Å². The highest BCUT2D eigenvalue weighted by Gasteiger charge is 2.11. The number of morpholine rings is 1. The topological polar surface area (TPSA) is 58.5 Å². The first-order valence-electron chi connectivity index (χ1n) is 4.64. The largest absolute Gasteiger partial charge is 0.388 e. The summed E-state index contributed by atoms with van der Waals surface area (Å²) in [5, 5.41) is 8.78. The van der Waals surface area contributed by atoms with E-state index in [1.165, 1.54) is 0 Å². The average molecular weight is 195 g/mol. The van der Waals surface area contributed by atoms with Crippen LogP contribution in [-0.4, -0.2) is 41.4 Å². The van der Waals surface area contributed by atoms with Crippen molar-refractivity contribution < 1.29 is 9.84 Å². The van der Waals surface area contributed by atoms with Crippen LogP contribution in [0.5, 0.6) is 0 Å². The van der Waals surface area contributed by atoms with E-state index < -0.39 is 0 Å². The van der Waals surface area contributed by atoms with Gasteiger partial charge in [-0.15, -0.1) is 0 Å². The van der Waals surface area contributed by atoms with Crippen LogP contribution >= 0.6 is 0 Å². The molecule has 0 saturated carbocycles. The van der Waals surface area contributed by atoms with Crippen molar-refractivity contribution in [3.05, 3.63) is 18.2 Å². The number of nitrogens with zero attached hydrogens (tertiary/aromatic N) is 3. The number of ether oxygens (including phenoxy) is 1. The second-order valence-corrected chi connectivity index (χ2v) is 3.12. The molecule has 1 aromatic rings. The van der Waals surface area contributed by atoms with E-state index >= 15 is 0 Å². The third kappa shape index (κ3) is 2.00. The maximum atomic E-state index is 8.78. The number of anilines is 1. The highest BCUT2D eigenvalue weighted by Crippen LogP contribution is 2.12. The third-order valence-corrected chi connectivity index (χ3v) is 2.21. The van der Waals surface area contributed by atoms with Gasteiger partial charge >= 0.3 is 0 Å². The summed E-state index contributed by atoms with van der Waals surface area (Å²) in [6.45, 7) is 3.15. The Kier molecular flexibility index (Phi) is 2.90. The first-order valence-corrected chi connectivity index (χ1v) is 4.64. The molecule has 2 heterocycles. The van der Waals surface area contributed by atoms with Crippen molar-refractivity contribution in [2.45, 2.75) is 6.61 Å². The molecule has 0 spiro atoms. The van der Waals surface area contributed by atoms with Gasteiger partial charge in [-0.05, 0) is 0 Å². The van der Waals surface area contributed by atoms with E-state index in [9.17, 15) is 0 Å². The normalized spacial score (nSPS) is 17.1. The van der Waals surface area contributed by atoms with Gasteiger partial charge in [0, 0.05) is 13.1 Å². The Labute approximate surface area is 82.4 Å². The van der Waals surface area contributed by atoms with Gasteiger partial charge in [-0.1, -0.05) is 0 Å². The molecule has 1 aliphatic rings. The lowest BCUT2D eigenvalue weighted by Crippen LogP contribution is -2.36. The minimum atomic E-state index is -0.108. The lowest BCUT2D eigenvalue weighted by molar-refractivity contribution is 0.122. The van der Waals surface area contributed by atoms with E-state index in [0.29, 0.717) is 5.82 Å². The van der Waals surface area contributed by atoms with Crippen LogP contribution in [0.2, 0.25) is 0 Å². The molecule has 2 rings (SSSR count). The quantitative estimate of drug-likeness (QED) is 0.708. The molecule has 0 unspecified atom stereocenters. The van der Waals surface area contributed by atoms with Gasteiger partial charge < -0.3 is 14.7 Å². The summed E-state index contributed by atoms with van der Waals surface area (Å²) in [5.74, 6) is 0.460. The van der Waals surface area contributed by atoms with Gasteiger partial charge in [-0.3, -0.25) is 0 Å². The lowest BCUT2D eigenvalue weighted by atomic mass is 10.3. The Balaban J connectivity index is 2.07. The maximum Gasteiger partial charge on any atom is 0.153 e. The summed E-state index contributed by atoms with van der Waals surface area (Å²) in [7, 11) is 0. The molecule has 1 N–H and O–H groups in total. The Morgan fingerprint density at radius 3 is 2.50 bits per heavy atom. The van der Waals surface area contributed by atoms with Crippen molar-refractivity contribution in [2.24, 2.45) is 0 Å². The summed E-state index contributed by atoms with van der Waals surface area (Å²) >= 11 is 0. The number of aliphatic hydroxyl groups excluding tert-OH is 1. The van der Waals surface area contributed by atoms with Crippen LogP contribution in [0.25, 0.3) is 0 Å². The Hall–Kier alpha value is -1.20. The van der Waals surface area contributed by atoms with Gasteiger partial charge in [0.15, 0.2) is 5.82 Å². The molecule has 0 amide bonds. The Bertz CT molecular complexity index is 283.